The van der Waals surface area contributed by atoms with Crippen LogP contribution in [0.2, 0.25) is 0 Å². The fourth-order valence-electron chi connectivity index (χ4n) is 2.54. The molecule has 0 spiro atoms. The molecule has 3 rings (SSSR count). The van der Waals surface area contributed by atoms with E-state index in [2.05, 4.69) is 41.3 Å². The van der Waals surface area contributed by atoms with E-state index in [-0.39, 0.29) is 0 Å². The Morgan fingerprint density at radius 3 is 2.45 bits per heavy atom. The highest BCUT2D eigenvalue weighted by Gasteiger charge is 2.10. The molecule has 3 heteroatoms. The molecule has 0 unspecified atom stereocenters. The van der Waals surface area contributed by atoms with E-state index < -0.39 is 0 Å². The average molecular weight is 268 g/mol. The maximum Gasteiger partial charge on any atom is 0.0594 e. The molecule has 0 amide bonds. The Hall–Kier alpha value is -1.84. The van der Waals surface area contributed by atoms with Crippen LogP contribution in [0.5, 0.6) is 0 Å². The molecule has 0 radical (unpaired) electrons. The van der Waals surface area contributed by atoms with Crippen LogP contribution < -0.4 is 5.73 Å². The van der Waals surface area contributed by atoms with Gasteiger partial charge >= 0.3 is 0 Å². The van der Waals surface area contributed by atoms with Gasteiger partial charge in [-0.3, -0.25) is 4.90 Å². The SMILES string of the molecule is Nc1ccc(-c2cccc(CN3CCOCC3)c2)cc1. The van der Waals surface area contributed by atoms with E-state index in [1.165, 1.54) is 16.7 Å². The number of hydrogen-bond acceptors (Lipinski definition) is 3. The molecule has 0 aromatic heterocycles. The molecular weight excluding hydrogens is 248 g/mol. The second-order valence-corrected chi connectivity index (χ2v) is 5.21. The maximum absolute atomic E-state index is 5.74. The summed E-state index contributed by atoms with van der Waals surface area (Å²) in [5, 5.41) is 0. The smallest absolute Gasteiger partial charge is 0.0594 e. The van der Waals surface area contributed by atoms with Crippen LogP contribution in [0.4, 0.5) is 5.69 Å². The number of nitrogens with two attached hydrogens (primary N) is 1. The molecule has 0 saturated carbocycles. The van der Waals surface area contributed by atoms with Gasteiger partial charge in [0.1, 0.15) is 0 Å². The van der Waals surface area contributed by atoms with Gasteiger partial charge in [-0.25, -0.2) is 0 Å². The van der Waals surface area contributed by atoms with Crippen molar-refractivity contribution in [3.05, 3.63) is 54.1 Å². The standard InChI is InChI=1S/C17H20N2O/c18-17-6-4-15(5-7-17)16-3-1-2-14(12-16)13-19-8-10-20-11-9-19/h1-7,12H,8-11,13,18H2. The van der Waals surface area contributed by atoms with Crippen LogP contribution in [-0.2, 0) is 11.3 Å². The summed E-state index contributed by atoms with van der Waals surface area (Å²) in [6, 6.07) is 16.8. The normalized spacial score (nSPS) is 16.2. The first-order valence-corrected chi connectivity index (χ1v) is 7.06. The predicted octanol–water partition coefficient (Wildman–Crippen LogP) is 2.77. The lowest BCUT2D eigenvalue weighted by molar-refractivity contribution is 0.0342. The van der Waals surface area contributed by atoms with Crippen LogP contribution in [0.1, 0.15) is 5.56 Å². The average Bonchev–Trinajstić information content (AvgIpc) is 2.49. The molecule has 3 nitrogen and oxygen atoms in total. The van der Waals surface area contributed by atoms with Gasteiger partial charge in [0.05, 0.1) is 13.2 Å². The summed E-state index contributed by atoms with van der Waals surface area (Å²) < 4.78 is 5.39. The third kappa shape index (κ3) is 3.18. The molecule has 2 aromatic rings. The van der Waals surface area contributed by atoms with E-state index in [4.69, 9.17) is 10.5 Å². The van der Waals surface area contributed by atoms with Crippen molar-refractivity contribution in [3.8, 4) is 11.1 Å². The minimum absolute atomic E-state index is 0.804. The van der Waals surface area contributed by atoms with Crippen LogP contribution in [-0.4, -0.2) is 31.2 Å². The van der Waals surface area contributed by atoms with E-state index in [1.54, 1.807) is 0 Å². The lowest BCUT2D eigenvalue weighted by Gasteiger charge is -2.26. The fraction of sp³-hybridized carbons (Fsp3) is 0.294. The van der Waals surface area contributed by atoms with E-state index in [0.29, 0.717) is 0 Å². The molecule has 0 atom stereocenters. The number of benzene rings is 2. The molecule has 104 valence electrons. The highest BCUT2D eigenvalue weighted by Crippen LogP contribution is 2.22. The molecule has 1 fully saturated rings. The monoisotopic (exact) mass is 268 g/mol. The zero-order valence-corrected chi connectivity index (χ0v) is 11.6. The molecule has 0 aliphatic carbocycles. The van der Waals surface area contributed by atoms with Crippen LogP contribution in [0, 0.1) is 0 Å². The lowest BCUT2D eigenvalue weighted by Crippen LogP contribution is -2.35. The molecule has 20 heavy (non-hydrogen) atoms. The highest BCUT2D eigenvalue weighted by molar-refractivity contribution is 5.66. The first-order chi connectivity index (χ1) is 9.81. The zero-order valence-electron chi connectivity index (χ0n) is 11.6. The summed E-state index contributed by atoms with van der Waals surface area (Å²) in [6.07, 6.45) is 0. The number of morpholine rings is 1. The summed E-state index contributed by atoms with van der Waals surface area (Å²) in [4.78, 5) is 2.44. The van der Waals surface area contributed by atoms with Crippen molar-refractivity contribution < 1.29 is 4.74 Å². The van der Waals surface area contributed by atoms with Crippen molar-refractivity contribution in [1.29, 1.82) is 0 Å². The van der Waals surface area contributed by atoms with Gasteiger partial charge in [-0.2, -0.15) is 0 Å². The number of nitrogens with zero attached hydrogens (tertiary/aromatic N) is 1. The Morgan fingerprint density at radius 2 is 1.70 bits per heavy atom. The Kier molecular flexibility index (Phi) is 4.00. The van der Waals surface area contributed by atoms with Crippen LogP contribution >= 0.6 is 0 Å². The minimum Gasteiger partial charge on any atom is -0.399 e. The van der Waals surface area contributed by atoms with Crippen molar-refractivity contribution in [2.75, 3.05) is 32.0 Å². The van der Waals surface area contributed by atoms with Crippen molar-refractivity contribution in [1.82, 2.24) is 4.90 Å². The molecule has 2 N–H and O–H groups in total. The Balaban J connectivity index is 1.76. The second kappa shape index (κ2) is 6.07. The summed E-state index contributed by atoms with van der Waals surface area (Å²) in [6.45, 7) is 4.72. The van der Waals surface area contributed by atoms with Crippen molar-refractivity contribution in [2.24, 2.45) is 0 Å². The van der Waals surface area contributed by atoms with Gasteiger partial charge in [0.25, 0.3) is 0 Å². The third-order valence-corrected chi connectivity index (χ3v) is 3.68. The minimum atomic E-state index is 0.804. The molecule has 0 bridgehead atoms. The Labute approximate surface area is 120 Å². The Morgan fingerprint density at radius 1 is 0.950 bits per heavy atom. The first-order valence-electron chi connectivity index (χ1n) is 7.06. The molecular formula is C17H20N2O. The van der Waals surface area contributed by atoms with Crippen LogP contribution in [0.3, 0.4) is 0 Å². The Bertz CT molecular complexity index is 559. The number of ether oxygens (including phenoxy) is 1. The largest absolute Gasteiger partial charge is 0.399 e. The van der Waals surface area contributed by atoms with E-state index in [0.717, 1.165) is 38.5 Å². The van der Waals surface area contributed by atoms with Gasteiger partial charge in [-0.1, -0.05) is 30.3 Å². The van der Waals surface area contributed by atoms with Crippen LogP contribution in [0.15, 0.2) is 48.5 Å². The third-order valence-electron chi connectivity index (χ3n) is 3.68. The van der Waals surface area contributed by atoms with Crippen LogP contribution in [0.25, 0.3) is 11.1 Å². The van der Waals surface area contributed by atoms with Gasteiger partial charge in [0.2, 0.25) is 0 Å². The van der Waals surface area contributed by atoms with E-state index in [9.17, 15) is 0 Å². The molecule has 1 aliphatic heterocycles. The summed E-state index contributed by atoms with van der Waals surface area (Å²) >= 11 is 0. The van der Waals surface area contributed by atoms with Gasteiger partial charge in [0, 0.05) is 25.3 Å². The number of hydrogen-bond donors (Lipinski definition) is 1. The molecule has 1 aliphatic rings. The number of anilines is 1. The summed E-state index contributed by atoms with van der Waals surface area (Å²) in [7, 11) is 0. The van der Waals surface area contributed by atoms with Crippen molar-refractivity contribution in [3.63, 3.8) is 0 Å². The van der Waals surface area contributed by atoms with Gasteiger partial charge in [0.15, 0.2) is 0 Å². The fourth-order valence-corrected chi connectivity index (χ4v) is 2.54. The van der Waals surface area contributed by atoms with Gasteiger partial charge in [-0.15, -0.1) is 0 Å². The predicted molar refractivity (Wildman–Crippen MR) is 82.4 cm³/mol. The number of nitrogen functional groups attached to an aromatic ring is 1. The molecule has 1 heterocycles. The zero-order chi connectivity index (χ0) is 13.8. The van der Waals surface area contributed by atoms with Gasteiger partial charge in [-0.05, 0) is 34.9 Å². The van der Waals surface area contributed by atoms with E-state index in [1.807, 2.05) is 12.1 Å². The molecule has 1 saturated heterocycles. The number of rotatable bonds is 3. The summed E-state index contributed by atoms with van der Waals surface area (Å²) in [5.74, 6) is 0. The van der Waals surface area contributed by atoms with Crippen molar-refractivity contribution >= 4 is 5.69 Å². The highest BCUT2D eigenvalue weighted by atomic mass is 16.5. The second-order valence-electron chi connectivity index (χ2n) is 5.21. The van der Waals surface area contributed by atoms with E-state index >= 15 is 0 Å². The van der Waals surface area contributed by atoms with Gasteiger partial charge < -0.3 is 10.5 Å². The summed E-state index contributed by atoms with van der Waals surface area (Å²) in [5.41, 5.74) is 10.3. The maximum atomic E-state index is 5.74. The quantitative estimate of drug-likeness (QED) is 0.870. The lowest BCUT2D eigenvalue weighted by atomic mass is 10.0. The topological polar surface area (TPSA) is 38.5 Å². The molecule has 2 aromatic carbocycles. The van der Waals surface area contributed by atoms with Crippen molar-refractivity contribution in [2.45, 2.75) is 6.54 Å². The first kappa shape index (κ1) is 13.2.